The molecule has 10 rings (SSSR count). The lowest BCUT2D eigenvalue weighted by Crippen LogP contribution is -2.71. The average Bonchev–Trinajstić information content (AvgIpc) is 0.767. The SMILES string of the molecule is CC(=O)N[C@@H]1[C@@H](O)[C@H](O[C@@H]2O[C@H](CO)[C@@H](O[C@@H]3O[C@H](CO[C@H]4O[C@H](CO)[C@@H](O)[C@H](O)[C@@H]4O[C@@H]4O[C@H](CO)[C@@H](O[C@@H]5O[C@H](CO[C@]6(C(=O)O)C[C@H](O)[C@@H](NC(C)=O)[C@H]([C@H](O)[C@H](O)CO)O6)[C@H](O)[C@H](O)[C@H]5O)[C@H](O)[C@H]4NC(C)=O)[C@@H](O)[C@H](O[C@H]4O[C@H](CO)[C@@H](O)[C@H](O)[C@@H]4O[C@@H]4O[C@H](CO[C@]5(C(=O)O)C[C@H](O)[C@@H](NC(C)=O)[C@H]([C@H](O)[C@H](O)CO)O5)[C@@H](O)[C@H](O)[C@H]4NC(C)=O)[C@@H]3O)[C@H](O)[C@H]2NC(C)=O)[C@@H](CO)O[C@H]1O. The molecule has 0 radical (unpaired) electrons. The highest BCUT2D eigenvalue weighted by atomic mass is 16.8. The van der Waals surface area contributed by atoms with Gasteiger partial charge in [-0.3, -0.25) is 28.8 Å². The second-order valence-electron chi connectivity index (χ2n) is 35.4. The summed E-state index contributed by atoms with van der Waals surface area (Å²) in [5.74, 6) is -16.2. The molecule has 10 aliphatic heterocycles. The number of amides is 6. The van der Waals surface area contributed by atoms with Gasteiger partial charge in [-0.2, -0.15) is 0 Å². The molecule has 0 aromatic heterocycles. The van der Waals surface area contributed by atoms with Crippen LogP contribution < -0.4 is 31.9 Å². The minimum Gasteiger partial charge on any atom is -0.477 e. The lowest BCUT2D eigenvalue weighted by Gasteiger charge is -2.51. The first kappa shape index (κ1) is 117. The number of ether oxygens (including phenoxy) is 19. The Labute approximate surface area is 796 Å². The van der Waals surface area contributed by atoms with Crippen molar-refractivity contribution in [1.29, 1.82) is 0 Å². The van der Waals surface area contributed by atoms with E-state index in [1.807, 2.05) is 0 Å². The van der Waals surface area contributed by atoms with Crippen LogP contribution in [0, 0.1) is 0 Å². The fraction of sp³-hybridized carbons (Fsp3) is 0.897. The van der Waals surface area contributed by atoms with Gasteiger partial charge in [0.2, 0.25) is 35.4 Å². The number of carbonyl (C=O) groups is 8. The van der Waals surface area contributed by atoms with Crippen LogP contribution in [0.25, 0.3) is 0 Å². The molecule has 0 aromatic carbocycles. The van der Waals surface area contributed by atoms with E-state index in [-0.39, 0.29) is 0 Å². The molecule has 0 bridgehead atoms. The standard InChI is InChI=1S/C78H128N6O57/c1-19(92)79-37-25(98)7-77(75(119)120,140-62(37)43(102)27(100)9-85)124-17-35-47(106)50(109)40(82-22(4)95)68(131-35)139-66-56(115)46(105)30(12-88)128-74(66)137-64-49(108)34(132-72(58(64)117)136-61-33(15-91)129-69(41(52(61)111)83-23(5)96)134-59-31(13-89)126-67(118)39(51(59)110)81-21(3)94)16-123-73-65(55(114)45(104)29(11-87)127-73)138-70-42(84-24(6)97)53(112)60(32(14-90)130-70)135-71-57(116)54(113)48(107)36(133-71)18-125-78(76(121)122)8-26(99)38(80-20(2)93)63(141-78)44(103)28(101)10-86/h25-74,85-91,98-118H,7-18H2,1-6H3,(H,79,92)(H,80,93)(H,81,94)(H,82,95)(H,83,96)(H,84,97)(H,119,120)(H,121,122)/t25-,26-,27+,28+,29+,30+,31+,32+,33+,34+,35+,36+,37+,38+,39+,40+,41+,42+,43+,44+,45+,46+,47+,48-,49+,50+,51+,52+,53+,54-,55-,56-,57+,58-,59+,60+,61+,62+,63+,64-,65-,66-,67+,68-,69-,70-,71-,72-,73-,74+,77+,78+/m0/s1. The molecule has 36 N–H and O–H groups in total. The van der Waals surface area contributed by atoms with Crippen molar-refractivity contribution < 1.29 is 282 Å². The largest absolute Gasteiger partial charge is 0.477 e. The van der Waals surface area contributed by atoms with Crippen LogP contribution in [-0.2, 0) is 128 Å². The highest BCUT2D eigenvalue weighted by molar-refractivity contribution is 5.78. The molecule has 141 heavy (non-hydrogen) atoms. The van der Waals surface area contributed by atoms with E-state index in [0.29, 0.717) is 0 Å². The highest BCUT2D eigenvalue weighted by Gasteiger charge is 2.64. The van der Waals surface area contributed by atoms with Crippen LogP contribution in [0.15, 0.2) is 0 Å². The van der Waals surface area contributed by atoms with Crippen LogP contribution in [0.4, 0.5) is 0 Å². The van der Waals surface area contributed by atoms with Gasteiger partial charge in [-0.05, 0) is 0 Å². The van der Waals surface area contributed by atoms with Crippen molar-refractivity contribution in [2.45, 2.75) is 372 Å². The lowest BCUT2D eigenvalue weighted by atomic mass is 9.88. The maximum Gasteiger partial charge on any atom is 0.364 e. The number of aliphatic hydroxyl groups is 28. The van der Waals surface area contributed by atoms with Crippen molar-refractivity contribution in [3.63, 3.8) is 0 Å². The molecule has 0 unspecified atom stereocenters. The van der Waals surface area contributed by atoms with Gasteiger partial charge in [0.1, 0.15) is 232 Å². The Morgan fingerprint density at radius 2 is 0.582 bits per heavy atom. The number of aliphatic carboxylic acids is 2. The summed E-state index contributed by atoms with van der Waals surface area (Å²) in [5, 5.41) is 351. The van der Waals surface area contributed by atoms with E-state index < -0.39 is 444 Å². The number of hydrogen-bond acceptors (Lipinski definition) is 55. The summed E-state index contributed by atoms with van der Waals surface area (Å²) in [7, 11) is 0. The first-order valence-electron chi connectivity index (χ1n) is 44.4. The van der Waals surface area contributed by atoms with Crippen molar-refractivity contribution >= 4 is 47.4 Å². The smallest absolute Gasteiger partial charge is 0.364 e. The van der Waals surface area contributed by atoms with Gasteiger partial charge in [-0.1, -0.05) is 0 Å². The summed E-state index contributed by atoms with van der Waals surface area (Å²) in [4.78, 5) is 102. The Bertz CT molecular complexity index is 4060. The van der Waals surface area contributed by atoms with E-state index >= 15 is 0 Å². The summed E-state index contributed by atoms with van der Waals surface area (Å²) in [5.41, 5.74) is 0. The molecule has 0 spiro atoms. The molecule has 63 heteroatoms. The number of aliphatic hydroxyl groups excluding tert-OH is 28. The molecule has 812 valence electrons. The number of nitrogens with one attached hydrogen (secondary N) is 6. The van der Waals surface area contributed by atoms with Gasteiger partial charge in [0.05, 0.1) is 90.4 Å². The molecule has 63 nitrogen and oxygen atoms in total. The van der Waals surface area contributed by atoms with E-state index in [2.05, 4.69) is 31.9 Å². The molecule has 10 saturated heterocycles. The van der Waals surface area contributed by atoms with Crippen LogP contribution in [-0.4, -0.2) is 585 Å². The molecule has 6 amide bonds. The van der Waals surface area contributed by atoms with Crippen LogP contribution in [0.2, 0.25) is 0 Å². The highest BCUT2D eigenvalue weighted by Crippen LogP contribution is 2.43. The van der Waals surface area contributed by atoms with Gasteiger partial charge in [0.25, 0.3) is 11.6 Å². The zero-order valence-corrected chi connectivity index (χ0v) is 75.8. The third-order valence-electron chi connectivity index (χ3n) is 25.2. The van der Waals surface area contributed by atoms with Gasteiger partial charge in [0.15, 0.2) is 50.3 Å². The molecule has 0 aliphatic carbocycles. The van der Waals surface area contributed by atoms with Gasteiger partial charge in [-0.25, -0.2) is 9.59 Å². The van der Waals surface area contributed by atoms with Gasteiger partial charge >= 0.3 is 11.9 Å². The van der Waals surface area contributed by atoms with Crippen molar-refractivity contribution in [3.05, 3.63) is 0 Å². The van der Waals surface area contributed by atoms with Crippen molar-refractivity contribution in [2.24, 2.45) is 0 Å². The first-order chi connectivity index (χ1) is 66.3. The molecule has 10 fully saturated rings. The maximum absolute atomic E-state index is 13.3. The monoisotopic (exact) mass is 2060 g/mol. The fourth-order valence-electron chi connectivity index (χ4n) is 17.9. The first-order valence-corrected chi connectivity index (χ1v) is 44.4. The number of carbonyl (C=O) groups excluding carboxylic acids is 6. The van der Waals surface area contributed by atoms with Gasteiger partial charge in [0, 0.05) is 54.4 Å². The Hall–Kier alpha value is -6.12. The Balaban J connectivity index is 0.968. The van der Waals surface area contributed by atoms with E-state index in [1.165, 1.54) is 0 Å². The van der Waals surface area contributed by atoms with Crippen molar-refractivity contribution in [2.75, 3.05) is 66.1 Å². The summed E-state index contributed by atoms with van der Waals surface area (Å²) in [6, 6.07) is -11.4. The molecular weight excluding hydrogens is 1930 g/mol. The Morgan fingerprint density at radius 3 is 0.965 bits per heavy atom. The number of rotatable bonds is 40. The fourth-order valence-corrected chi connectivity index (χ4v) is 17.9. The maximum atomic E-state index is 13.3. The zero-order valence-electron chi connectivity index (χ0n) is 75.8. The summed E-state index contributed by atoms with van der Waals surface area (Å²) in [6.45, 7) is -6.94. The quantitative estimate of drug-likeness (QED) is 0.0271. The predicted octanol–water partition coefficient (Wildman–Crippen LogP) is -23.5. The van der Waals surface area contributed by atoms with Crippen LogP contribution in [0.5, 0.6) is 0 Å². The second kappa shape index (κ2) is 50.3. The molecular formula is C78H128N6O57. The summed E-state index contributed by atoms with van der Waals surface area (Å²) < 4.78 is 113. The molecule has 0 aromatic rings. The van der Waals surface area contributed by atoms with Gasteiger partial charge in [-0.15, -0.1) is 0 Å². The van der Waals surface area contributed by atoms with Crippen molar-refractivity contribution in [1.82, 2.24) is 31.9 Å². The molecule has 52 atom stereocenters. The van der Waals surface area contributed by atoms with Crippen LogP contribution in [0.3, 0.4) is 0 Å². The number of carboxylic acids is 2. The summed E-state index contributed by atoms with van der Waals surface area (Å²) >= 11 is 0. The van der Waals surface area contributed by atoms with Crippen LogP contribution >= 0.6 is 0 Å². The van der Waals surface area contributed by atoms with E-state index in [0.717, 1.165) is 41.5 Å². The van der Waals surface area contributed by atoms with E-state index in [9.17, 15) is 192 Å². The average molecular weight is 2060 g/mol. The topological polar surface area (TPSA) is 991 Å². The molecule has 0 saturated carbocycles. The second-order valence-corrected chi connectivity index (χ2v) is 35.4. The third-order valence-corrected chi connectivity index (χ3v) is 25.2. The van der Waals surface area contributed by atoms with Crippen LogP contribution in [0.1, 0.15) is 54.4 Å². The Kier molecular flexibility index (Phi) is 41.6. The predicted molar refractivity (Wildman–Crippen MR) is 434 cm³/mol. The summed E-state index contributed by atoms with van der Waals surface area (Å²) in [6.07, 6.45) is -102. The Morgan fingerprint density at radius 1 is 0.291 bits per heavy atom. The zero-order chi connectivity index (χ0) is 105. The minimum absolute atomic E-state index is 0.832. The van der Waals surface area contributed by atoms with Gasteiger partial charge < -0.3 is 275 Å². The van der Waals surface area contributed by atoms with Crippen molar-refractivity contribution in [3.8, 4) is 0 Å². The number of hydrogen-bond donors (Lipinski definition) is 36. The lowest BCUT2D eigenvalue weighted by molar-refractivity contribution is -0.397. The number of carboxylic acid groups (broad SMARTS) is 2. The molecule has 10 heterocycles. The van der Waals surface area contributed by atoms with E-state index in [1.54, 1.807) is 0 Å². The third kappa shape index (κ3) is 26.4. The minimum atomic E-state index is -3.20. The molecule has 10 aliphatic rings. The normalized spacial score (nSPS) is 45.4. The van der Waals surface area contributed by atoms with E-state index in [4.69, 9.17) is 90.0 Å².